The van der Waals surface area contributed by atoms with E-state index in [1.807, 2.05) is 6.92 Å². The van der Waals surface area contributed by atoms with Gasteiger partial charge in [-0.2, -0.15) is 0 Å². The fourth-order valence-electron chi connectivity index (χ4n) is 4.23. The van der Waals surface area contributed by atoms with Gasteiger partial charge in [0.15, 0.2) is 0 Å². The van der Waals surface area contributed by atoms with E-state index in [-0.39, 0.29) is 34.6 Å². The van der Waals surface area contributed by atoms with Crippen molar-refractivity contribution in [1.29, 1.82) is 0 Å². The lowest BCUT2D eigenvalue weighted by atomic mass is 9.81. The molecule has 1 saturated heterocycles. The van der Waals surface area contributed by atoms with Crippen LogP contribution in [-0.2, 0) is 24.3 Å². The Balaban J connectivity index is 1.37. The zero-order valence-electron chi connectivity index (χ0n) is 18.9. The Kier molecular flexibility index (Phi) is 8.67. The number of carbonyl (C=O) groups excluding carboxylic acids is 2. The lowest BCUT2D eigenvalue weighted by molar-refractivity contribution is -0.131. The van der Waals surface area contributed by atoms with Crippen molar-refractivity contribution in [3.05, 3.63) is 29.8 Å². The zero-order valence-corrected chi connectivity index (χ0v) is 19.7. The van der Waals surface area contributed by atoms with E-state index in [2.05, 4.69) is 15.4 Å². The SMILES string of the molecule is Cc1ccc(S(=O)(=O)NCC2CCC(C(=O)N[C@H](C)C(=O)NC[C@H]3CCCO3)CC2)cc1. The molecule has 0 spiro atoms. The van der Waals surface area contributed by atoms with Gasteiger partial charge in [0, 0.05) is 25.6 Å². The van der Waals surface area contributed by atoms with Gasteiger partial charge < -0.3 is 15.4 Å². The van der Waals surface area contributed by atoms with Crippen LogP contribution in [0.1, 0.15) is 51.0 Å². The number of hydrogen-bond acceptors (Lipinski definition) is 5. The number of nitrogens with one attached hydrogen (secondary N) is 3. The van der Waals surface area contributed by atoms with Gasteiger partial charge in [0.25, 0.3) is 0 Å². The van der Waals surface area contributed by atoms with Gasteiger partial charge in [-0.15, -0.1) is 0 Å². The maximum Gasteiger partial charge on any atom is 0.242 e. The van der Waals surface area contributed by atoms with Crippen molar-refractivity contribution in [3.8, 4) is 0 Å². The Bertz CT molecular complexity index is 873. The standard InChI is InChI=1S/C23H35N3O5S/c1-16-5-11-21(12-6-16)32(29,30)25-14-18-7-9-19(10-8-18)23(28)26-17(2)22(27)24-15-20-4-3-13-31-20/h5-6,11-12,17-20,25H,3-4,7-10,13-15H2,1-2H3,(H,24,27)(H,26,28)/t17-,18?,19?,20-/m1/s1. The minimum Gasteiger partial charge on any atom is -0.376 e. The van der Waals surface area contributed by atoms with Gasteiger partial charge in [-0.3, -0.25) is 9.59 Å². The number of amides is 2. The highest BCUT2D eigenvalue weighted by Crippen LogP contribution is 2.29. The molecule has 1 aromatic rings. The molecule has 2 amide bonds. The normalized spacial score (nSPS) is 24.6. The number of aryl methyl sites for hydroxylation is 1. The van der Waals surface area contributed by atoms with Crippen LogP contribution < -0.4 is 15.4 Å². The van der Waals surface area contributed by atoms with Gasteiger partial charge in [0.05, 0.1) is 11.0 Å². The summed E-state index contributed by atoms with van der Waals surface area (Å²) in [6.07, 6.45) is 4.96. The molecule has 32 heavy (non-hydrogen) atoms. The van der Waals surface area contributed by atoms with Crippen LogP contribution in [0.15, 0.2) is 29.2 Å². The number of ether oxygens (including phenoxy) is 1. The second kappa shape index (κ2) is 11.2. The van der Waals surface area contributed by atoms with Crippen LogP contribution in [0, 0.1) is 18.8 Å². The maximum atomic E-state index is 12.6. The molecule has 0 aromatic heterocycles. The number of hydrogen-bond donors (Lipinski definition) is 3. The number of benzene rings is 1. The van der Waals surface area contributed by atoms with Gasteiger partial charge >= 0.3 is 0 Å². The van der Waals surface area contributed by atoms with Crippen molar-refractivity contribution in [1.82, 2.24) is 15.4 Å². The molecule has 2 aliphatic rings. The quantitative estimate of drug-likeness (QED) is 0.515. The average molecular weight is 466 g/mol. The second-order valence-corrected chi connectivity index (χ2v) is 10.8. The molecule has 2 fully saturated rings. The van der Waals surface area contributed by atoms with E-state index < -0.39 is 16.1 Å². The van der Waals surface area contributed by atoms with Crippen molar-refractivity contribution in [2.24, 2.45) is 11.8 Å². The summed E-state index contributed by atoms with van der Waals surface area (Å²) in [7, 11) is -3.53. The molecule has 3 rings (SSSR count). The fraction of sp³-hybridized carbons (Fsp3) is 0.652. The molecule has 0 radical (unpaired) electrons. The van der Waals surface area contributed by atoms with Gasteiger partial charge in [0.2, 0.25) is 21.8 Å². The summed E-state index contributed by atoms with van der Waals surface area (Å²) in [4.78, 5) is 25.1. The molecule has 0 unspecified atom stereocenters. The monoisotopic (exact) mass is 465 g/mol. The van der Waals surface area contributed by atoms with E-state index in [4.69, 9.17) is 4.74 Å². The van der Waals surface area contributed by atoms with Crippen molar-refractivity contribution >= 4 is 21.8 Å². The van der Waals surface area contributed by atoms with Crippen LogP contribution in [0.25, 0.3) is 0 Å². The van der Waals surface area contributed by atoms with Crippen molar-refractivity contribution in [3.63, 3.8) is 0 Å². The van der Waals surface area contributed by atoms with E-state index >= 15 is 0 Å². The molecule has 0 bridgehead atoms. The lowest BCUT2D eigenvalue weighted by Gasteiger charge is -2.28. The number of carbonyl (C=O) groups is 2. The van der Waals surface area contributed by atoms with Crippen LogP contribution in [0.4, 0.5) is 0 Å². The first-order valence-corrected chi connectivity index (χ1v) is 13.0. The third kappa shape index (κ3) is 7.02. The van der Waals surface area contributed by atoms with E-state index in [9.17, 15) is 18.0 Å². The first-order chi connectivity index (χ1) is 15.2. The van der Waals surface area contributed by atoms with Crippen LogP contribution in [0.2, 0.25) is 0 Å². The first-order valence-electron chi connectivity index (χ1n) is 11.5. The molecular weight excluding hydrogens is 430 g/mol. The molecular formula is C23H35N3O5S. The highest BCUT2D eigenvalue weighted by atomic mass is 32.2. The van der Waals surface area contributed by atoms with Gasteiger partial charge in [-0.1, -0.05) is 17.7 Å². The molecule has 8 nitrogen and oxygen atoms in total. The summed E-state index contributed by atoms with van der Waals surface area (Å²) in [5.41, 5.74) is 1.01. The summed E-state index contributed by atoms with van der Waals surface area (Å²) in [5.74, 6) is -0.253. The van der Waals surface area contributed by atoms with Crippen LogP contribution in [0.3, 0.4) is 0 Å². The largest absolute Gasteiger partial charge is 0.376 e. The van der Waals surface area contributed by atoms with E-state index in [1.54, 1.807) is 31.2 Å². The molecule has 3 N–H and O–H groups in total. The van der Waals surface area contributed by atoms with Crippen LogP contribution in [-0.4, -0.2) is 52.1 Å². The minimum absolute atomic E-state index is 0.0700. The molecule has 1 aliphatic carbocycles. The fourth-order valence-corrected chi connectivity index (χ4v) is 5.34. The molecule has 1 aromatic carbocycles. The average Bonchev–Trinajstić information content (AvgIpc) is 3.30. The molecule has 2 atom stereocenters. The predicted molar refractivity (Wildman–Crippen MR) is 121 cm³/mol. The zero-order chi connectivity index (χ0) is 23.1. The minimum atomic E-state index is -3.53. The summed E-state index contributed by atoms with van der Waals surface area (Å²) >= 11 is 0. The predicted octanol–water partition coefficient (Wildman–Crippen LogP) is 1.88. The Morgan fingerprint density at radius 1 is 1.06 bits per heavy atom. The Hall–Kier alpha value is -1.97. The van der Waals surface area contributed by atoms with E-state index in [0.29, 0.717) is 25.9 Å². The maximum absolute atomic E-state index is 12.6. The second-order valence-electron chi connectivity index (χ2n) is 8.99. The molecule has 1 heterocycles. The highest BCUT2D eigenvalue weighted by Gasteiger charge is 2.29. The molecule has 178 valence electrons. The third-order valence-electron chi connectivity index (χ3n) is 6.39. The number of rotatable bonds is 9. The molecule has 1 saturated carbocycles. The summed E-state index contributed by atoms with van der Waals surface area (Å²) in [5, 5.41) is 5.66. The van der Waals surface area contributed by atoms with Gasteiger partial charge in [-0.05, 0) is 70.4 Å². The number of sulfonamides is 1. The smallest absolute Gasteiger partial charge is 0.242 e. The lowest BCUT2D eigenvalue weighted by Crippen LogP contribution is -2.48. The summed E-state index contributed by atoms with van der Waals surface area (Å²) in [6, 6.07) is 6.18. The topological polar surface area (TPSA) is 114 Å². The Morgan fingerprint density at radius 3 is 2.38 bits per heavy atom. The van der Waals surface area contributed by atoms with Crippen molar-refractivity contribution in [2.45, 2.75) is 69.4 Å². The van der Waals surface area contributed by atoms with Gasteiger partial charge in [-0.25, -0.2) is 13.1 Å². The molecule has 1 aliphatic heterocycles. The van der Waals surface area contributed by atoms with Crippen LogP contribution >= 0.6 is 0 Å². The first kappa shape index (κ1) is 24.7. The summed E-state index contributed by atoms with van der Waals surface area (Å²) in [6.45, 7) is 5.18. The summed E-state index contributed by atoms with van der Waals surface area (Å²) < 4.78 is 33.1. The Labute approximate surface area is 190 Å². The van der Waals surface area contributed by atoms with Crippen molar-refractivity contribution < 1.29 is 22.7 Å². The third-order valence-corrected chi connectivity index (χ3v) is 7.83. The van der Waals surface area contributed by atoms with Gasteiger partial charge in [0.1, 0.15) is 6.04 Å². The van der Waals surface area contributed by atoms with Crippen molar-refractivity contribution in [2.75, 3.05) is 19.7 Å². The van der Waals surface area contributed by atoms with Crippen LogP contribution in [0.5, 0.6) is 0 Å². The Morgan fingerprint density at radius 2 is 1.75 bits per heavy atom. The molecule has 9 heteroatoms. The van der Waals surface area contributed by atoms with E-state index in [0.717, 1.165) is 37.9 Å². The van der Waals surface area contributed by atoms with E-state index in [1.165, 1.54) is 0 Å². The highest BCUT2D eigenvalue weighted by molar-refractivity contribution is 7.89.